The fraction of sp³-hybridized carbons (Fsp3) is 0.429. The first-order chi connectivity index (χ1) is 10.8. The van der Waals surface area contributed by atoms with E-state index in [2.05, 4.69) is 4.74 Å². The maximum Gasteiger partial charge on any atom is 0.405 e. The van der Waals surface area contributed by atoms with Crippen LogP contribution < -0.4 is 14.8 Å². The lowest BCUT2D eigenvalue weighted by Crippen LogP contribution is -2.36. The number of hydrogen-bond donors (Lipinski definition) is 1. The van der Waals surface area contributed by atoms with E-state index in [0.29, 0.717) is 17.9 Å². The average molecular weight is 333 g/mol. The lowest BCUT2D eigenvalue weighted by molar-refractivity contribution is -0.151. The Labute approximate surface area is 129 Å². The van der Waals surface area contributed by atoms with Crippen LogP contribution in [-0.2, 0) is 20.7 Å². The van der Waals surface area contributed by atoms with Crippen molar-refractivity contribution >= 4 is 11.9 Å². The van der Waals surface area contributed by atoms with Gasteiger partial charge in [-0.3, -0.25) is 9.59 Å². The summed E-state index contributed by atoms with van der Waals surface area (Å²) in [6.45, 7) is -2.05. The van der Waals surface area contributed by atoms with Crippen molar-refractivity contribution in [3.63, 3.8) is 0 Å². The van der Waals surface area contributed by atoms with Gasteiger partial charge in [0.25, 0.3) is 5.91 Å². The first-order valence-corrected chi connectivity index (χ1v) is 6.71. The van der Waals surface area contributed by atoms with E-state index in [1.54, 1.807) is 23.5 Å². The maximum absolute atomic E-state index is 11.9. The first kappa shape index (κ1) is 16.9. The number of alkyl halides is 3. The molecule has 0 saturated carbocycles. The summed E-state index contributed by atoms with van der Waals surface area (Å²) in [4.78, 5) is 22.6. The van der Waals surface area contributed by atoms with Crippen LogP contribution in [0.5, 0.6) is 11.5 Å². The van der Waals surface area contributed by atoms with Gasteiger partial charge in [-0.15, -0.1) is 0 Å². The second-order valence-corrected chi connectivity index (χ2v) is 4.74. The summed E-state index contributed by atoms with van der Waals surface area (Å²) in [7, 11) is 0. The maximum atomic E-state index is 11.9. The third-order valence-corrected chi connectivity index (χ3v) is 2.91. The van der Waals surface area contributed by atoms with E-state index >= 15 is 0 Å². The normalized spacial score (nSPS) is 12.8. The summed E-state index contributed by atoms with van der Waals surface area (Å²) in [6.07, 6.45) is -4.16. The minimum absolute atomic E-state index is 0.00774. The van der Waals surface area contributed by atoms with Gasteiger partial charge in [0.15, 0.2) is 18.1 Å². The molecule has 1 heterocycles. The van der Waals surface area contributed by atoms with Gasteiger partial charge in [-0.2, -0.15) is 13.2 Å². The first-order valence-electron chi connectivity index (χ1n) is 6.71. The molecule has 6 nitrogen and oxygen atoms in total. The number of amides is 1. The number of benzene rings is 1. The Kier molecular flexibility index (Phi) is 5.30. The van der Waals surface area contributed by atoms with Gasteiger partial charge in [0, 0.05) is 6.42 Å². The quantitative estimate of drug-likeness (QED) is 0.800. The van der Waals surface area contributed by atoms with Crippen LogP contribution in [0.25, 0.3) is 0 Å². The van der Waals surface area contributed by atoms with Crippen molar-refractivity contribution in [3.05, 3.63) is 23.8 Å². The molecular weight excluding hydrogens is 319 g/mol. The number of rotatable bonds is 6. The molecule has 9 heteroatoms. The van der Waals surface area contributed by atoms with Crippen molar-refractivity contribution < 1.29 is 37.0 Å². The number of carbonyl (C=O) groups excluding carboxylic acids is 2. The van der Waals surface area contributed by atoms with Crippen LogP contribution in [-0.4, -0.2) is 38.0 Å². The highest BCUT2D eigenvalue weighted by Gasteiger charge is 2.27. The third kappa shape index (κ3) is 5.68. The number of ether oxygens (including phenoxy) is 3. The van der Waals surface area contributed by atoms with Crippen LogP contribution in [0.1, 0.15) is 12.0 Å². The highest BCUT2D eigenvalue weighted by Crippen LogP contribution is 2.32. The van der Waals surface area contributed by atoms with Crippen molar-refractivity contribution in [1.82, 2.24) is 5.32 Å². The number of hydrogen-bond acceptors (Lipinski definition) is 5. The number of aryl methyl sites for hydroxylation is 1. The zero-order valence-electron chi connectivity index (χ0n) is 11.9. The van der Waals surface area contributed by atoms with Gasteiger partial charge in [0.05, 0.1) is 0 Å². The molecule has 1 aliphatic rings. The number of halogens is 3. The molecule has 0 aromatic heterocycles. The summed E-state index contributed by atoms with van der Waals surface area (Å²) in [5.74, 6) is -0.469. The Bertz CT molecular complexity index is 588. The Hall–Kier alpha value is -2.45. The fourth-order valence-electron chi connectivity index (χ4n) is 1.81. The highest BCUT2D eigenvalue weighted by atomic mass is 19.4. The highest BCUT2D eigenvalue weighted by molar-refractivity contribution is 5.80. The van der Waals surface area contributed by atoms with Crippen LogP contribution >= 0.6 is 0 Å². The minimum atomic E-state index is -4.50. The van der Waals surface area contributed by atoms with Crippen molar-refractivity contribution in [2.24, 2.45) is 0 Å². The summed E-state index contributed by atoms with van der Waals surface area (Å²) >= 11 is 0. The summed E-state index contributed by atoms with van der Waals surface area (Å²) in [6, 6.07) is 5.20. The third-order valence-electron chi connectivity index (χ3n) is 2.91. The average Bonchev–Trinajstić information content (AvgIpc) is 2.95. The zero-order chi connectivity index (χ0) is 16.9. The summed E-state index contributed by atoms with van der Waals surface area (Å²) < 4.78 is 50.6. The number of carbonyl (C=O) groups is 2. The predicted octanol–water partition coefficient (Wildman–Crippen LogP) is 1.57. The Morgan fingerprint density at radius 3 is 2.70 bits per heavy atom. The molecule has 0 aliphatic carbocycles. The largest absolute Gasteiger partial charge is 0.456 e. The molecule has 1 amide bonds. The number of nitrogens with one attached hydrogen (secondary N) is 1. The van der Waals surface area contributed by atoms with Crippen LogP contribution in [0.2, 0.25) is 0 Å². The second-order valence-electron chi connectivity index (χ2n) is 4.74. The molecule has 0 fully saturated rings. The van der Waals surface area contributed by atoms with Crippen LogP contribution in [0.4, 0.5) is 13.2 Å². The van der Waals surface area contributed by atoms with E-state index < -0.39 is 31.2 Å². The van der Waals surface area contributed by atoms with E-state index in [-0.39, 0.29) is 13.2 Å². The van der Waals surface area contributed by atoms with Crippen LogP contribution in [0, 0.1) is 0 Å². The van der Waals surface area contributed by atoms with Gasteiger partial charge in [-0.05, 0) is 24.1 Å². The molecule has 0 radical (unpaired) electrons. The zero-order valence-corrected chi connectivity index (χ0v) is 11.9. The molecule has 0 bridgehead atoms. The van der Waals surface area contributed by atoms with E-state index in [1.165, 1.54) is 0 Å². The molecule has 0 saturated heterocycles. The van der Waals surface area contributed by atoms with Crippen molar-refractivity contribution in [2.75, 3.05) is 19.9 Å². The summed E-state index contributed by atoms with van der Waals surface area (Å²) in [5.41, 5.74) is 0.813. The molecule has 0 spiro atoms. The van der Waals surface area contributed by atoms with Gasteiger partial charge in [-0.1, -0.05) is 6.07 Å². The molecule has 0 unspecified atom stereocenters. The number of esters is 1. The molecule has 1 aromatic carbocycles. The number of fused-ring (bicyclic) bond motifs is 1. The van der Waals surface area contributed by atoms with Crippen molar-refractivity contribution in [1.29, 1.82) is 0 Å². The molecule has 126 valence electrons. The van der Waals surface area contributed by atoms with E-state index in [9.17, 15) is 22.8 Å². The monoisotopic (exact) mass is 333 g/mol. The smallest absolute Gasteiger partial charge is 0.405 e. The standard InChI is InChI=1S/C14H14F3NO5/c15-14(16,17)7-18-12(19)6-21-13(20)4-2-9-1-3-10-11(5-9)23-8-22-10/h1,3,5H,2,4,6-8H2,(H,18,19). The van der Waals surface area contributed by atoms with Gasteiger partial charge in [0.2, 0.25) is 6.79 Å². The van der Waals surface area contributed by atoms with Crippen molar-refractivity contribution in [2.45, 2.75) is 19.0 Å². The van der Waals surface area contributed by atoms with Gasteiger partial charge >= 0.3 is 12.1 Å². The summed E-state index contributed by atoms with van der Waals surface area (Å²) in [5, 5.41) is 1.61. The second kappa shape index (κ2) is 7.21. The lowest BCUT2D eigenvalue weighted by atomic mass is 10.1. The molecular formula is C14H14F3NO5. The Morgan fingerprint density at radius 1 is 1.22 bits per heavy atom. The Morgan fingerprint density at radius 2 is 1.96 bits per heavy atom. The van der Waals surface area contributed by atoms with E-state index in [1.807, 2.05) is 0 Å². The van der Waals surface area contributed by atoms with Crippen LogP contribution in [0.3, 0.4) is 0 Å². The van der Waals surface area contributed by atoms with Gasteiger partial charge < -0.3 is 19.5 Å². The molecule has 0 atom stereocenters. The van der Waals surface area contributed by atoms with Crippen LogP contribution in [0.15, 0.2) is 18.2 Å². The molecule has 2 rings (SSSR count). The molecule has 23 heavy (non-hydrogen) atoms. The van der Waals surface area contributed by atoms with E-state index in [4.69, 9.17) is 9.47 Å². The lowest BCUT2D eigenvalue weighted by Gasteiger charge is -2.09. The van der Waals surface area contributed by atoms with Crippen molar-refractivity contribution in [3.8, 4) is 11.5 Å². The molecule has 1 aliphatic heterocycles. The Balaban J connectivity index is 1.68. The molecule has 1 N–H and O–H groups in total. The predicted molar refractivity (Wildman–Crippen MR) is 70.9 cm³/mol. The SMILES string of the molecule is O=C(COC(=O)CCc1ccc2c(c1)OCO2)NCC(F)(F)F. The van der Waals surface area contributed by atoms with E-state index in [0.717, 1.165) is 5.56 Å². The topological polar surface area (TPSA) is 73.9 Å². The van der Waals surface area contributed by atoms with Gasteiger partial charge in [0.1, 0.15) is 6.54 Å². The minimum Gasteiger partial charge on any atom is -0.456 e. The fourth-order valence-corrected chi connectivity index (χ4v) is 1.81. The molecule has 1 aromatic rings. The van der Waals surface area contributed by atoms with Gasteiger partial charge in [-0.25, -0.2) is 0 Å².